The van der Waals surface area contributed by atoms with Crippen LogP contribution >= 0.6 is 0 Å². The molecule has 0 atom stereocenters. The molecular weight excluding hydrogens is 485 g/mol. The number of nitrogens with one attached hydrogen (secondary N) is 2. The summed E-state index contributed by atoms with van der Waals surface area (Å²) in [6.07, 6.45) is 1.68. The van der Waals surface area contributed by atoms with Crippen LogP contribution in [-0.4, -0.2) is 25.8 Å². The van der Waals surface area contributed by atoms with Gasteiger partial charge in [-0.25, -0.2) is 4.98 Å². The number of alkyl halides is 3. The van der Waals surface area contributed by atoms with E-state index in [4.69, 9.17) is 10.5 Å². The minimum atomic E-state index is -4.59. The molecule has 11 heteroatoms. The predicted octanol–water partition coefficient (Wildman–Crippen LogP) is 5.54. The van der Waals surface area contributed by atoms with E-state index in [1.165, 1.54) is 18.3 Å². The maximum Gasteiger partial charge on any atom is 0.416 e. The van der Waals surface area contributed by atoms with Gasteiger partial charge in [-0.3, -0.25) is 14.8 Å². The van der Waals surface area contributed by atoms with Crippen molar-refractivity contribution >= 4 is 22.5 Å². The number of pyridine rings is 2. The van der Waals surface area contributed by atoms with Gasteiger partial charge < -0.3 is 20.8 Å². The van der Waals surface area contributed by atoms with Crippen molar-refractivity contribution in [3.8, 4) is 23.0 Å². The molecule has 0 unspecified atom stereocenters. The van der Waals surface area contributed by atoms with E-state index in [-0.39, 0.29) is 23.4 Å². The van der Waals surface area contributed by atoms with Crippen LogP contribution in [0.2, 0.25) is 0 Å². The molecule has 0 saturated heterocycles. The quantitative estimate of drug-likeness (QED) is 0.279. The van der Waals surface area contributed by atoms with Gasteiger partial charge in [0.15, 0.2) is 5.82 Å². The number of carbonyl (C=O) groups is 1. The average Bonchev–Trinajstić information content (AvgIpc) is 3.43. The number of ether oxygens (including phenoxy) is 1. The number of H-pyrrole nitrogens is 1. The van der Waals surface area contributed by atoms with E-state index in [2.05, 4.69) is 25.3 Å². The minimum absolute atomic E-state index is 0.00301. The van der Waals surface area contributed by atoms with Gasteiger partial charge in [0.1, 0.15) is 17.2 Å². The number of hydrogen-bond donors (Lipinski definition) is 3. The first-order chi connectivity index (χ1) is 17.8. The van der Waals surface area contributed by atoms with E-state index in [1.54, 1.807) is 55.0 Å². The Morgan fingerprint density at radius 1 is 0.973 bits per heavy atom. The van der Waals surface area contributed by atoms with Gasteiger partial charge in [0.25, 0.3) is 5.91 Å². The average molecular weight is 504 g/mol. The Bertz CT molecular complexity index is 1590. The van der Waals surface area contributed by atoms with Gasteiger partial charge in [0, 0.05) is 48.5 Å². The van der Waals surface area contributed by atoms with Crippen LogP contribution in [0.15, 0.2) is 79.4 Å². The third-order valence-corrected chi connectivity index (χ3v) is 5.52. The molecule has 8 nitrogen and oxygen atoms in total. The Kier molecular flexibility index (Phi) is 6.28. The lowest BCUT2D eigenvalue weighted by Gasteiger charge is -2.14. The van der Waals surface area contributed by atoms with Gasteiger partial charge in [-0.05, 0) is 48.0 Å². The molecule has 0 fully saturated rings. The van der Waals surface area contributed by atoms with Gasteiger partial charge in [-0.1, -0.05) is 6.07 Å². The summed E-state index contributed by atoms with van der Waals surface area (Å²) in [4.78, 5) is 28.5. The molecule has 0 radical (unpaired) electrons. The van der Waals surface area contributed by atoms with E-state index in [0.717, 1.165) is 6.07 Å². The summed E-state index contributed by atoms with van der Waals surface area (Å²) >= 11 is 0. The molecule has 4 N–H and O–H groups in total. The number of fused-ring (bicyclic) bond motifs is 1. The molecule has 2 aromatic carbocycles. The number of nitrogens with two attached hydrogens (primary N) is 1. The van der Waals surface area contributed by atoms with Crippen molar-refractivity contribution in [1.29, 1.82) is 0 Å². The first-order valence-electron chi connectivity index (χ1n) is 11.0. The molecule has 0 aliphatic rings. The largest absolute Gasteiger partial charge is 0.457 e. The SMILES string of the molecule is NCc1ccc(NC(=O)c2cnc3ccc(Oc4ccnc(-c5ncc[nH]5)c4)cc3c2)cc1C(F)(F)F. The molecule has 0 aliphatic carbocycles. The molecule has 0 bridgehead atoms. The van der Waals surface area contributed by atoms with Crippen molar-refractivity contribution < 1.29 is 22.7 Å². The van der Waals surface area contributed by atoms with Gasteiger partial charge in [0.2, 0.25) is 0 Å². The number of aromatic amines is 1. The van der Waals surface area contributed by atoms with Gasteiger partial charge in [0.05, 0.1) is 16.6 Å². The summed E-state index contributed by atoms with van der Waals surface area (Å²) < 4.78 is 46.0. The second-order valence-electron chi connectivity index (χ2n) is 8.02. The zero-order valence-electron chi connectivity index (χ0n) is 19.1. The van der Waals surface area contributed by atoms with Crippen molar-refractivity contribution in [3.05, 3.63) is 96.1 Å². The highest BCUT2D eigenvalue weighted by Gasteiger charge is 2.33. The number of aromatic nitrogens is 4. The lowest BCUT2D eigenvalue weighted by molar-refractivity contribution is -0.138. The number of imidazole rings is 1. The summed E-state index contributed by atoms with van der Waals surface area (Å²) in [6, 6.07) is 13.7. The number of carbonyl (C=O) groups excluding carboxylic acids is 1. The number of nitrogens with zero attached hydrogens (tertiary/aromatic N) is 3. The zero-order chi connectivity index (χ0) is 26.0. The maximum absolute atomic E-state index is 13.3. The van der Waals surface area contributed by atoms with Crippen LogP contribution in [0.1, 0.15) is 21.5 Å². The van der Waals surface area contributed by atoms with Gasteiger partial charge in [-0.2, -0.15) is 13.2 Å². The third kappa shape index (κ3) is 5.26. The van der Waals surface area contributed by atoms with Crippen LogP contribution in [0.4, 0.5) is 18.9 Å². The predicted molar refractivity (Wildman–Crippen MR) is 131 cm³/mol. The number of benzene rings is 2. The Balaban J connectivity index is 1.37. The zero-order valence-corrected chi connectivity index (χ0v) is 19.1. The monoisotopic (exact) mass is 504 g/mol. The normalized spacial score (nSPS) is 11.5. The Morgan fingerprint density at radius 2 is 1.81 bits per heavy atom. The van der Waals surface area contributed by atoms with Crippen molar-refractivity contribution in [2.75, 3.05) is 5.32 Å². The fourth-order valence-electron chi connectivity index (χ4n) is 3.74. The maximum atomic E-state index is 13.3. The van der Waals surface area contributed by atoms with Crippen LogP contribution in [0, 0.1) is 0 Å². The molecule has 1 amide bonds. The smallest absolute Gasteiger partial charge is 0.416 e. The minimum Gasteiger partial charge on any atom is -0.457 e. The summed E-state index contributed by atoms with van der Waals surface area (Å²) in [7, 11) is 0. The molecular formula is C26H19F3N6O2. The van der Waals surface area contributed by atoms with Crippen molar-refractivity contribution in [2.45, 2.75) is 12.7 Å². The number of rotatable bonds is 6. The highest BCUT2D eigenvalue weighted by Crippen LogP contribution is 2.34. The molecule has 0 spiro atoms. The van der Waals surface area contributed by atoms with Crippen LogP contribution < -0.4 is 15.8 Å². The fraction of sp³-hybridized carbons (Fsp3) is 0.0769. The Labute approximate surface area is 208 Å². The second-order valence-corrected chi connectivity index (χ2v) is 8.02. The molecule has 3 aromatic heterocycles. The van der Waals surface area contributed by atoms with Crippen molar-refractivity contribution in [3.63, 3.8) is 0 Å². The van der Waals surface area contributed by atoms with Crippen LogP contribution in [0.3, 0.4) is 0 Å². The topological polar surface area (TPSA) is 119 Å². The number of halogens is 3. The van der Waals surface area contributed by atoms with Crippen LogP contribution in [0.25, 0.3) is 22.4 Å². The summed E-state index contributed by atoms with van der Waals surface area (Å²) in [5.41, 5.74) is 5.86. The molecule has 3 heterocycles. The number of anilines is 1. The van der Waals surface area contributed by atoms with Gasteiger partial charge >= 0.3 is 6.18 Å². The molecule has 0 aliphatic heterocycles. The molecule has 0 saturated carbocycles. The van der Waals surface area contributed by atoms with Crippen molar-refractivity contribution in [2.24, 2.45) is 5.73 Å². The number of hydrogen-bond acceptors (Lipinski definition) is 6. The molecule has 5 aromatic rings. The van der Waals surface area contributed by atoms with Crippen LogP contribution in [0.5, 0.6) is 11.5 Å². The Morgan fingerprint density at radius 3 is 2.57 bits per heavy atom. The fourth-order valence-corrected chi connectivity index (χ4v) is 3.74. The third-order valence-electron chi connectivity index (χ3n) is 5.52. The lowest BCUT2D eigenvalue weighted by atomic mass is 10.1. The van der Waals surface area contributed by atoms with E-state index < -0.39 is 17.6 Å². The van der Waals surface area contributed by atoms with Crippen molar-refractivity contribution in [1.82, 2.24) is 19.9 Å². The summed E-state index contributed by atoms with van der Waals surface area (Å²) in [6.45, 7) is -0.272. The molecule has 186 valence electrons. The lowest BCUT2D eigenvalue weighted by Crippen LogP contribution is -2.15. The van der Waals surface area contributed by atoms with E-state index in [1.807, 2.05) is 0 Å². The summed E-state index contributed by atoms with van der Waals surface area (Å²) in [5, 5.41) is 3.10. The Hall–Kier alpha value is -4.77. The van der Waals surface area contributed by atoms with E-state index in [9.17, 15) is 18.0 Å². The standard InChI is InChI=1S/C26H19F3N6O2/c27-26(28,29)21-11-18(2-1-15(21)13-30)35-25(36)17-9-16-10-19(3-4-22(16)34-14-17)37-20-5-6-31-23(12-20)24-32-7-8-33-24/h1-12,14H,13,30H2,(H,32,33)(H,35,36). The highest BCUT2D eigenvalue weighted by atomic mass is 19.4. The molecule has 37 heavy (non-hydrogen) atoms. The van der Waals surface area contributed by atoms with Crippen LogP contribution in [-0.2, 0) is 12.7 Å². The highest BCUT2D eigenvalue weighted by molar-refractivity contribution is 6.05. The van der Waals surface area contributed by atoms with Gasteiger partial charge in [-0.15, -0.1) is 0 Å². The summed E-state index contributed by atoms with van der Waals surface area (Å²) in [5.74, 6) is 1.02. The van der Waals surface area contributed by atoms with E-state index in [0.29, 0.717) is 33.9 Å². The molecule has 5 rings (SSSR count). The van der Waals surface area contributed by atoms with E-state index >= 15 is 0 Å². The first kappa shape index (κ1) is 23.9. The first-order valence-corrected chi connectivity index (χ1v) is 11.0. The number of amides is 1. The second kappa shape index (κ2) is 9.70.